The number of hydrogen-bond acceptors (Lipinski definition) is 4. The average Bonchev–Trinajstić information content (AvgIpc) is 2.67. The molecule has 0 aliphatic carbocycles. The van der Waals surface area contributed by atoms with Gasteiger partial charge in [0, 0.05) is 12.4 Å². The summed E-state index contributed by atoms with van der Waals surface area (Å²) in [4.78, 5) is 28.9. The highest BCUT2D eigenvalue weighted by molar-refractivity contribution is 6.42. The van der Waals surface area contributed by atoms with Gasteiger partial charge in [0.1, 0.15) is 5.56 Å². The van der Waals surface area contributed by atoms with Crippen LogP contribution in [0.1, 0.15) is 21.6 Å². The molecule has 0 unspecified atom stereocenters. The molecule has 2 aromatic heterocycles. The van der Waals surface area contributed by atoms with E-state index in [-0.39, 0.29) is 12.1 Å². The lowest BCUT2D eigenvalue weighted by atomic mass is 10.2. The molecule has 0 saturated carbocycles. The van der Waals surface area contributed by atoms with Crippen molar-refractivity contribution in [2.24, 2.45) is 5.10 Å². The monoisotopic (exact) mass is 400 g/mol. The lowest BCUT2D eigenvalue weighted by molar-refractivity contribution is 0.0953. The number of rotatable bonds is 5. The minimum Gasteiger partial charge on any atom is -0.310 e. The molecule has 0 spiro atoms. The summed E-state index contributed by atoms with van der Waals surface area (Å²) in [5.41, 5.74) is 3.26. The van der Waals surface area contributed by atoms with Gasteiger partial charge in [-0.3, -0.25) is 14.6 Å². The van der Waals surface area contributed by atoms with Gasteiger partial charge in [-0.2, -0.15) is 5.10 Å². The molecule has 6 nitrogen and oxygen atoms in total. The number of nitrogens with one attached hydrogen (secondary N) is 1. The number of hydrogen-bond donors (Lipinski definition) is 1. The van der Waals surface area contributed by atoms with Gasteiger partial charge in [-0.25, -0.2) is 5.43 Å². The van der Waals surface area contributed by atoms with Crippen LogP contribution in [-0.2, 0) is 6.54 Å². The molecule has 3 rings (SSSR count). The van der Waals surface area contributed by atoms with Crippen molar-refractivity contribution in [1.82, 2.24) is 15.0 Å². The Kier molecular flexibility index (Phi) is 6.01. The van der Waals surface area contributed by atoms with Crippen LogP contribution in [0.2, 0.25) is 10.0 Å². The van der Waals surface area contributed by atoms with Gasteiger partial charge in [-0.05, 0) is 42.0 Å². The minimum atomic E-state index is -0.601. The number of carbonyl (C=O) groups excluding carboxylic acids is 1. The Balaban J connectivity index is 1.75. The zero-order valence-corrected chi connectivity index (χ0v) is 15.5. The third-order valence-corrected chi connectivity index (χ3v) is 4.39. The Labute approximate surface area is 165 Å². The zero-order valence-electron chi connectivity index (χ0n) is 14.0. The third kappa shape index (κ3) is 4.81. The number of hydrazone groups is 1. The van der Waals surface area contributed by atoms with Crippen molar-refractivity contribution in [2.75, 3.05) is 0 Å². The number of carbonyl (C=O) groups is 1. The second-order valence-corrected chi connectivity index (χ2v) is 6.37. The molecule has 2 heterocycles. The molecule has 27 heavy (non-hydrogen) atoms. The lowest BCUT2D eigenvalue weighted by Gasteiger charge is -2.08. The molecule has 0 atom stereocenters. The largest absolute Gasteiger partial charge is 0.310 e. The van der Waals surface area contributed by atoms with Crippen molar-refractivity contribution < 1.29 is 4.79 Å². The molecule has 0 fully saturated rings. The molecule has 1 aromatic carbocycles. The molecule has 1 N–H and O–H groups in total. The molecule has 0 saturated heterocycles. The van der Waals surface area contributed by atoms with Gasteiger partial charge < -0.3 is 4.57 Å². The lowest BCUT2D eigenvalue weighted by Crippen LogP contribution is -2.30. The van der Waals surface area contributed by atoms with Crippen molar-refractivity contribution in [1.29, 1.82) is 0 Å². The molecule has 8 heteroatoms. The van der Waals surface area contributed by atoms with Crippen LogP contribution in [0.5, 0.6) is 0 Å². The number of amides is 1. The summed E-state index contributed by atoms with van der Waals surface area (Å²) in [6.45, 7) is 0.258. The Morgan fingerprint density at radius 2 is 2.00 bits per heavy atom. The van der Waals surface area contributed by atoms with E-state index in [0.717, 1.165) is 5.56 Å². The minimum absolute atomic E-state index is 0.0178. The summed E-state index contributed by atoms with van der Waals surface area (Å²) in [6, 6.07) is 13.5. The van der Waals surface area contributed by atoms with Crippen LogP contribution in [0.15, 0.2) is 70.8 Å². The van der Waals surface area contributed by atoms with Gasteiger partial charge in [0.15, 0.2) is 0 Å². The van der Waals surface area contributed by atoms with E-state index in [1.807, 2.05) is 0 Å². The number of benzene rings is 1. The summed E-state index contributed by atoms with van der Waals surface area (Å²) < 4.78 is 1.41. The summed E-state index contributed by atoms with van der Waals surface area (Å²) >= 11 is 11.9. The highest BCUT2D eigenvalue weighted by atomic mass is 35.5. The highest BCUT2D eigenvalue weighted by Crippen LogP contribution is 2.22. The van der Waals surface area contributed by atoms with E-state index in [0.29, 0.717) is 15.7 Å². The third-order valence-electron chi connectivity index (χ3n) is 3.65. The number of aromatic nitrogens is 2. The van der Waals surface area contributed by atoms with Crippen LogP contribution < -0.4 is 11.0 Å². The maximum absolute atomic E-state index is 12.6. The zero-order chi connectivity index (χ0) is 19.2. The maximum atomic E-state index is 12.6. The Morgan fingerprint density at radius 1 is 1.15 bits per heavy atom. The fourth-order valence-electron chi connectivity index (χ4n) is 2.34. The molecule has 3 aromatic rings. The first-order chi connectivity index (χ1) is 13.0. The molecule has 136 valence electrons. The number of pyridine rings is 2. The van der Waals surface area contributed by atoms with Crippen LogP contribution in [0.25, 0.3) is 0 Å². The van der Waals surface area contributed by atoms with E-state index in [1.54, 1.807) is 54.9 Å². The van der Waals surface area contributed by atoms with Crippen LogP contribution in [-0.4, -0.2) is 21.7 Å². The van der Waals surface area contributed by atoms with Gasteiger partial charge in [0.05, 0.1) is 28.5 Å². The van der Waals surface area contributed by atoms with E-state index < -0.39 is 11.5 Å². The topological polar surface area (TPSA) is 76.3 Å². The summed E-state index contributed by atoms with van der Waals surface area (Å²) in [5, 5.41) is 4.67. The van der Waals surface area contributed by atoms with Crippen LogP contribution in [0.4, 0.5) is 0 Å². The highest BCUT2D eigenvalue weighted by Gasteiger charge is 2.12. The fourth-order valence-corrected chi connectivity index (χ4v) is 2.66. The molecule has 0 radical (unpaired) electrons. The predicted molar refractivity (Wildman–Crippen MR) is 106 cm³/mol. The summed E-state index contributed by atoms with van der Waals surface area (Å²) in [5.74, 6) is -0.601. The van der Waals surface area contributed by atoms with Gasteiger partial charge in [-0.15, -0.1) is 0 Å². The van der Waals surface area contributed by atoms with E-state index in [1.165, 1.54) is 16.8 Å². The van der Waals surface area contributed by atoms with Gasteiger partial charge >= 0.3 is 0 Å². The first-order valence-corrected chi connectivity index (χ1v) is 8.68. The number of halogens is 2. The van der Waals surface area contributed by atoms with Crippen LogP contribution in [0, 0.1) is 0 Å². The van der Waals surface area contributed by atoms with Crippen molar-refractivity contribution in [3.8, 4) is 0 Å². The average molecular weight is 401 g/mol. The van der Waals surface area contributed by atoms with Crippen LogP contribution >= 0.6 is 23.2 Å². The number of nitrogens with zero attached hydrogens (tertiary/aromatic N) is 3. The fraction of sp³-hybridized carbons (Fsp3) is 0.0526. The van der Waals surface area contributed by atoms with E-state index in [2.05, 4.69) is 15.5 Å². The SMILES string of the molecule is O=C(N/N=C\c1ccccn1)c1cccn(Cc2ccc(Cl)c(Cl)c2)c1=O. The van der Waals surface area contributed by atoms with Gasteiger partial charge in [0.25, 0.3) is 11.5 Å². The van der Waals surface area contributed by atoms with E-state index in [4.69, 9.17) is 23.2 Å². The molecular weight excluding hydrogens is 387 g/mol. The smallest absolute Gasteiger partial charge is 0.276 e. The maximum Gasteiger partial charge on any atom is 0.276 e. The molecule has 0 aliphatic heterocycles. The molecule has 1 amide bonds. The van der Waals surface area contributed by atoms with Crippen LogP contribution in [0.3, 0.4) is 0 Å². The predicted octanol–water partition coefficient (Wildman–Crippen LogP) is 3.36. The molecule has 0 bridgehead atoms. The van der Waals surface area contributed by atoms with Gasteiger partial charge in [-0.1, -0.05) is 35.3 Å². The first kappa shape index (κ1) is 18.8. The standard InChI is InChI=1S/C19H14Cl2N4O2/c20-16-7-6-13(10-17(16)21)12-25-9-3-5-15(19(25)27)18(26)24-23-11-14-4-1-2-8-22-14/h1-11H,12H2,(H,24,26)/b23-11-. The van der Waals surface area contributed by atoms with Crippen molar-refractivity contribution in [3.63, 3.8) is 0 Å². The normalized spacial score (nSPS) is 10.9. The van der Waals surface area contributed by atoms with Crippen molar-refractivity contribution in [2.45, 2.75) is 6.54 Å². The van der Waals surface area contributed by atoms with Crippen molar-refractivity contribution >= 4 is 35.3 Å². The van der Waals surface area contributed by atoms with E-state index in [9.17, 15) is 9.59 Å². The molecule has 0 aliphatic rings. The van der Waals surface area contributed by atoms with Crippen molar-refractivity contribution in [3.05, 3.63) is 98.1 Å². The first-order valence-electron chi connectivity index (χ1n) is 7.92. The summed E-state index contributed by atoms with van der Waals surface area (Å²) in [6.07, 6.45) is 4.61. The quantitative estimate of drug-likeness (QED) is 0.526. The Hall–Kier alpha value is -2.96. The Bertz CT molecular complexity index is 1050. The second kappa shape index (κ2) is 8.62. The molecular formula is C19H14Cl2N4O2. The Morgan fingerprint density at radius 3 is 2.74 bits per heavy atom. The van der Waals surface area contributed by atoms with Gasteiger partial charge in [0.2, 0.25) is 0 Å². The summed E-state index contributed by atoms with van der Waals surface area (Å²) in [7, 11) is 0. The van der Waals surface area contributed by atoms with E-state index >= 15 is 0 Å². The second-order valence-electron chi connectivity index (χ2n) is 5.56.